The van der Waals surface area contributed by atoms with E-state index in [4.69, 9.17) is 17.3 Å². The van der Waals surface area contributed by atoms with E-state index in [1.54, 1.807) is 43.8 Å². The molecule has 1 atom stereocenters. The van der Waals surface area contributed by atoms with Gasteiger partial charge in [0, 0.05) is 19.1 Å². The summed E-state index contributed by atoms with van der Waals surface area (Å²) in [6, 6.07) is 4.89. The molecule has 0 saturated carbocycles. The molecule has 2 N–H and O–H groups in total. The average molecular weight is 267 g/mol. The second-order valence-electron chi connectivity index (χ2n) is 4.38. The molecule has 2 rings (SSSR count). The number of nitrogen functional groups attached to an aromatic ring is 1. The van der Waals surface area contributed by atoms with Crippen LogP contribution in [0.15, 0.2) is 18.2 Å². The third kappa shape index (κ3) is 2.01. The zero-order valence-corrected chi connectivity index (χ0v) is 11.3. The second kappa shape index (κ2) is 4.49. The minimum Gasteiger partial charge on any atom is -0.369 e. The van der Waals surface area contributed by atoms with Crippen LogP contribution in [0.4, 0.5) is 5.95 Å². The van der Waals surface area contributed by atoms with Crippen LogP contribution in [0.2, 0.25) is 5.02 Å². The van der Waals surface area contributed by atoms with E-state index in [1.807, 2.05) is 0 Å². The summed E-state index contributed by atoms with van der Waals surface area (Å²) in [6.45, 7) is 1.79. The third-order valence-electron chi connectivity index (χ3n) is 2.86. The molecule has 0 radical (unpaired) electrons. The largest absolute Gasteiger partial charge is 0.369 e. The van der Waals surface area contributed by atoms with Crippen molar-refractivity contribution in [3.63, 3.8) is 0 Å². The van der Waals surface area contributed by atoms with Crippen molar-refractivity contribution in [1.29, 1.82) is 0 Å². The molecule has 6 heteroatoms. The standard InChI is InChI=1S/C12H15ClN4O/c1-7(11(18)16(2)3)17-10-6-8(13)4-5-9(10)15-12(17)14/h4-7H,1-3H3,(H2,14,15). The highest BCUT2D eigenvalue weighted by Crippen LogP contribution is 2.26. The molecule has 1 aromatic carbocycles. The summed E-state index contributed by atoms with van der Waals surface area (Å²) >= 11 is 5.97. The van der Waals surface area contributed by atoms with Crippen LogP contribution in [0.25, 0.3) is 11.0 Å². The SMILES string of the molecule is CC(C(=O)N(C)C)n1c(N)nc2ccc(Cl)cc21. The topological polar surface area (TPSA) is 64.2 Å². The molecule has 18 heavy (non-hydrogen) atoms. The van der Waals surface area contributed by atoms with E-state index in [2.05, 4.69) is 4.98 Å². The number of nitrogens with zero attached hydrogens (tertiary/aromatic N) is 3. The maximum atomic E-state index is 12.0. The molecule has 5 nitrogen and oxygen atoms in total. The smallest absolute Gasteiger partial charge is 0.244 e. The zero-order chi connectivity index (χ0) is 13.4. The number of imidazole rings is 1. The Hall–Kier alpha value is -1.75. The highest BCUT2D eigenvalue weighted by molar-refractivity contribution is 6.31. The molecule has 0 aliphatic heterocycles. The second-order valence-corrected chi connectivity index (χ2v) is 4.82. The van der Waals surface area contributed by atoms with Crippen molar-refractivity contribution in [1.82, 2.24) is 14.5 Å². The van der Waals surface area contributed by atoms with Crippen molar-refractivity contribution in [3.8, 4) is 0 Å². The minimum absolute atomic E-state index is 0.0408. The van der Waals surface area contributed by atoms with Gasteiger partial charge in [0.25, 0.3) is 0 Å². The lowest BCUT2D eigenvalue weighted by molar-refractivity contribution is -0.131. The van der Waals surface area contributed by atoms with Crippen molar-refractivity contribution >= 4 is 34.5 Å². The first kappa shape index (κ1) is 12.7. The Morgan fingerprint density at radius 2 is 2.17 bits per heavy atom. The van der Waals surface area contributed by atoms with Gasteiger partial charge in [-0.05, 0) is 25.1 Å². The van der Waals surface area contributed by atoms with Gasteiger partial charge in [-0.25, -0.2) is 4.98 Å². The molecule has 0 aliphatic rings. The zero-order valence-electron chi connectivity index (χ0n) is 10.5. The molecule has 0 fully saturated rings. The van der Waals surface area contributed by atoms with Crippen molar-refractivity contribution in [2.75, 3.05) is 19.8 Å². The van der Waals surface area contributed by atoms with E-state index in [0.717, 1.165) is 11.0 Å². The van der Waals surface area contributed by atoms with Gasteiger partial charge in [0.1, 0.15) is 6.04 Å². The van der Waals surface area contributed by atoms with Crippen molar-refractivity contribution in [3.05, 3.63) is 23.2 Å². The first-order valence-corrected chi connectivity index (χ1v) is 5.93. The lowest BCUT2D eigenvalue weighted by Gasteiger charge is -2.19. The maximum Gasteiger partial charge on any atom is 0.244 e. The summed E-state index contributed by atoms with van der Waals surface area (Å²) in [5.74, 6) is 0.274. The molecule has 0 spiro atoms. The van der Waals surface area contributed by atoms with Crippen molar-refractivity contribution < 1.29 is 4.79 Å². The Balaban J connectivity index is 2.59. The van der Waals surface area contributed by atoms with Gasteiger partial charge in [0.15, 0.2) is 0 Å². The first-order chi connectivity index (χ1) is 8.41. The molecule has 0 saturated heterocycles. The number of aromatic nitrogens is 2. The summed E-state index contributed by atoms with van der Waals surface area (Å²) < 4.78 is 1.70. The lowest BCUT2D eigenvalue weighted by Crippen LogP contribution is -2.30. The number of hydrogen-bond acceptors (Lipinski definition) is 3. The Morgan fingerprint density at radius 1 is 1.50 bits per heavy atom. The van der Waals surface area contributed by atoms with Gasteiger partial charge in [0.2, 0.25) is 11.9 Å². The van der Waals surface area contributed by atoms with Gasteiger partial charge in [0.05, 0.1) is 11.0 Å². The molecule has 0 bridgehead atoms. The number of carbonyl (C=O) groups excluding carboxylic acids is 1. The highest BCUT2D eigenvalue weighted by Gasteiger charge is 2.21. The number of rotatable bonds is 2. The van der Waals surface area contributed by atoms with E-state index in [0.29, 0.717) is 11.0 Å². The first-order valence-electron chi connectivity index (χ1n) is 5.56. The summed E-state index contributed by atoms with van der Waals surface area (Å²) in [4.78, 5) is 17.8. The van der Waals surface area contributed by atoms with Crippen molar-refractivity contribution in [2.24, 2.45) is 0 Å². The van der Waals surface area contributed by atoms with Crippen LogP contribution < -0.4 is 5.73 Å². The van der Waals surface area contributed by atoms with Crippen LogP contribution in [0.5, 0.6) is 0 Å². The summed E-state index contributed by atoms with van der Waals surface area (Å²) in [7, 11) is 3.42. The van der Waals surface area contributed by atoms with Gasteiger partial charge in [-0.2, -0.15) is 0 Å². The third-order valence-corrected chi connectivity index (χ3v) is 3.10. The Bertz CT molecular complexity index is 605. The molecule has 2 aromatic rings. The van der Waals surface area contributed by atoms with E-state index >= 15 is 0 Å². The summed E-state index contributed by atoms with van der Waals surface area (Å²) in [6.07, 6.45) is 0. The number of likely N-dealkylation sites (N-methyl/N-ethyl adjacent to an activating group) is 1. The lowest BCUT2D eigenvalue weighted by atomic mass is 10.2. The van der Waals surface area contributed by atoms with Gasteiger partial charge in [-0.1, -0.05) is 11.6 Å². The number of anilines is 1. The van der Waals surface area contributed by atoms with E-state index in [1.165, 1.54) is 4.90 Å². The normalized spacial score (nSPS) is 12.7. The summed E-state index contributed by atoms with van der Waals surface area (Å²) in [5.41, 5.74) is 7.38. The van der Waals surface area contributed by atoms with Crippen molar-refractivity contribution in [2.45, 2.75) is 13.0 Å². The van der Waals surface area contributed by atoms with Gasteiger partial charge in [-0.3, -0.25) is 9.36 Å². The monoisotopic (exact) mass is 266 g/mol. The fourth-order valence-electron chi connectivity index (χ4n) is 1.98. The number of nitrogens with two attached hydrogens (primary N) is 1. The van der Waals surface area contributed by atoms with Crippen LogP contribution in [0.3, 0.4) is 0 Å². The fraction of sp³-hybridized carbons (Fsp3) is 0.333. The fourth-order valence-corrected chi connectivity index (χ4v) is 2.14. The molecular weight excluding hydrogens is 252 g/mol. The van der Waals surface area contributed by atoms with Crippen LogP contribution in [-0.4, -0.2) is 34.5 Å². The van der Waals surface area contributed by atoms with Gasteiger partial charge >= 0.3 is 0 Å². The van der Waals surface area contributed by atoms with Crippen LogP contribution >= 0.6 is 11.6 Å². The molecular formula is C12H15ClN4O. The van der Waals surface area contributed by atoms with Gasteiger partial charge < -0.3 is 10.6 Å². The highest BCUT2D eigenvalue weighted by atomic mass is 35.5. The Labute approximate surface area is 110 Å². The van der Waals surface area contributed by atoms with E-state index in [-0.39, 0.29) is 5.91 Å². The molecule has 96 valence electrons. The summed E-state index contributed by atoms with van der Waals surface area (Å²) in [5, 5.41) is 0.591. The molecule has 0 aliphatic carbocycles. The molecule has 1 amide bonds. The van der Waals surface area contributed by atoms with Crippen LogP contribution in [0.1, 0.15) is 13.0 Å². The van der Waals surface area contributed by atoms with E-state index in [9.17, 15) is 4.79 Å². The average Bonchev–Trinajstić information content (AvgIpc) is 2.62. The predicted octanol–water partition coefficient (Wildman–Crippen LogP) is 1.92. The number of amides is 1. The maximum absolute atomic E-state index is 12.0. The number of hydrogen-bond donors (Lipinski definition) is 1. The van der Waals surface area contributed by atoms with E-state index < -0.39 is 6.04 Å². The number of fused-ring (bicyclic) bond motifs is 1. The Morgan fingerprint density at radius 3 is 2.78 bits per heavy atom. The molecule has 1 heterocycles. The van der Waals surface area contributed by atoms with Crippen LogP contribution in [-0.2, 0) is 4.79 Å². The van der Waals surface area contributed by atoms with Gasteiger partial charge in [-0.15, -0.1) is 0 Å². The molecule has 1 unspecified atom stereocenters. The predicted molar refractivity (Wildman–Crippen MR) is 72.6 cm³/mol. The number of halogens is 1. The number of carbonyl (C=O) groups is 1. The minimum atomic E-state index is -0.413. The molecule has 1 aromatic heterocycles. The quantitative estimate of drug-likeness (QED) is 0.903. The number of benzene rings is 1. The van der Waals surface area contributed by atoms with Crippen LogP contribution in [0, 0.1) is 0 Å². The Kier molecular flexibility index (Phi) is 3.17.